The molecule has 2 aromatic rings. The number of amides is 1. The second kappa shape index (κ2) is 7.92. The van der Waals surface area contributed by atoms with Crippen molar-refractivity contribution in [3.63, 3.8) is 0 Å². The Morgan fingerprint density at radius 1 is 1.26 bits per heavy atom. The topological polar surface area (TPSA) is 49.3 Å². The van der Waals surface area contributed by atoms with Crippen molar-refractivity contribution in [2.75, 3.05) is 37.0 Å². The van der Waals surface area contributed by atoms with E-state index in [-0.39, 0.29) is 11.8 Å². The van der Waals surface area contributed by atoms with Gasteiger partial charge in [0.15, 0.2) is 0 Å². The molecule has 0 N–H and O–H groups in total. The van der Waals surface area contributed by atoms with E-state index in [1.165, 1.54) is 22.2 Å². The molecule has 2 aliphatic rings. The van der Waals surface area contributed by atoms with Crippen LogP contribution in [0.2, 0.25) is 0 Å². The fourth-order valence-electron chi connectivity index (χ4n) is 4.18. The quantitative estimate of drug-likeness (QED) is 0.727. The molecule has 0 radical (unpaired) electrons. The third-order valence-electron chi connectivity index (χ3n) is 5.70. The second-order valence-electron chi connectivity index (χ2n) is 7.75. The van der Waals surface area contributed by atoms with Gasteiger partial charge in [-0.3, -0.25) is 4.79 Å². The van der Waals surface area contributed by atoms with E-state index in [9.17, 15) is 4.79 Å². The Morgan fingerprint density at radius 3 is 2.74 bits per heavy atom. The summed E-state index contributed by atoms with van der Waals surface area (Å²) < 4.78 is 0. The molecule has 2 aromatic heterocycles. The Morgan fingerprint density at radius 2 is 2.04 bits per heavy atom. The van der Waals surface area contributed by atoms with E-state index in [2.05, 4.69) is 18.7 Å². The highest BCUT2D eigenvalue weighted by Gasteiger charge is 2.28. The molecule has 1 fully saturated rings. The number of halogens is 1. The van der Waals surface area contributed by atoms with Crippen molar-refractivity contribution in [2.24, 2.45) is 5.92 Å². The van der Waals surface area contributed by atoms with Gasteiger partial charge in [-0.05, 0) is 37.2 Å². The lowest BCUT2D eigenvalue weighted by molar-refractivity contribution is -0.128. The fourth-order valence-corrected chi connectivity index (χ4v) is 5.75. The van der Waals surface area contributed by atoms with E-state index < -0.39 is 0 Å². The molecule has 4 rings (SSSR count). The van der Waals surface area contributed by atoms with Crippen LogP contribution in [-0.4, -0.2) is 52.8 Å². The zero-order valence-electron chi connectivity index (χ0n) is 16.1. The number of thiophene rings is 1. The van der Waals surface area contributed by atoms with Crippen LogP contribution in [0.5, 0.6) is 0 Å². The molecule has 1 amide bonds. The Kier molecular flexibility index (Phi) is 5.55. The van der Waals surface area contributed by atoms with Gasteiger partial charge in [-0.2, -0.15) is 0 Å². The Hall–Kier alpha value is -1.40. The monoisotopic (exact) mass is 406 g/mol. The fraction of sp³-hybridized carbons (Fsp3) is 0.650. The number of carbonyl (C=O) groups excluding carboxylic acids is 1. The molecule has 7 heteroatoms. The highest BCUT2D eigenvalue weighted by molar-refractivity contribution is 7.19. The van der Waals surface area contributed by atoms with E-state index in [0.29, 0.717) is 13.1 Å². The molecule has 146 valence electrons. The summed E-state index contributed by atoms with van der Waals surface area (Å²) in [6.07, 6.45) is 5.49. The third kappa shape index (κ3) is 3.66. The van der Waals surface area contributed by atoms with Crippen molar-refractivity contribution in [2.45, 2.75) is 46.0 Å². The van der Waals surface area contributed by atoms with Gasteiger partial charge in [0.25, 0.3) is 0 Å². The molecule has 27 heavy (non-hydrogen) atoms. The van der Waals surface area contributed by atoms with Crippen molar-refractivity contribution >= 4 is 44.9 Å². The number of carbonyl (C=O) groups is 1. The minimum Gasteiger partial charge on any atom is -0.352 e. The zero-order chi connectivity index (χ0) is 19.0. The highest BCUT2D eigenvalue weighted by atomic mass is 35.5. The summed E-state index contributed by atoms with van der Waals surface area (Å²) in [6.45, 7) is 7.55. The summed E-state index contributed by atoms with van der Waals surface area (Å²) in [5.74, 6) is 2.88. The van der Waals surface area contributed by atoms with E-state index in [4.69, 9.17) is 21.6 Å². The SMILES string of the molecule is CCCc1nc(N2CCN(C(=O)CCl)CC2)c2c3c(sc2n1)C[C@H](C)CC3. The van der Waals surface area contributed by atoms with E-state index in [1.54, 1.807) is 0 Å². The summed E-state index contributed by atoms with van der Waals surface area (Å²) in [5, 5.41) is 1.28. The number of anilines is 1. The number of fused-ring (bicyclic) bond motifs is 3. The minimum absolute atomic E-state index is 0.0257. The summed E-state index contributed by atoms with van der Waals surface area (Å²) in [5.41, 5.74) is 1.48. The molecule has 1 aliphatic carbocycles. The maximum atomic E-state index is 11.9. The Balaban J connectivity index is 1.71. The third-order valence-corrected chi connectivity index (χ3v) is 7.08. The van der Waals surface area contributed by atoms with Crippen LogP contribution in [-0.2, 0) is 24.1 Å². The number of piperazine rings is 1. The Bertz CT molecular complexity index is 844. The first-order valence-electron chi connectivity index (χ1n) is 10.0. The molecule has 5 nitrogen and oxygen atoms in total. The molecule has 0 unspecified atom stereocenters. The number of hydrogen-bond donors (Lipinski definition) is 0. The van der Waals surface area contributed by atoms with Crippen LogP contribution in [0.4, 0.5) is 5.82 Å². The number of nitrogens with zero attached hydrogens (tertiary/aromatic N) is 4. The predicted octanol–water partition coefficient (Wildman–Crippen LogP) is 3.66. The largest absolute Gasteiger partial charge is 0.352 e. The van der Waals surface area contributed by atoms with Crippen LogP contribution in [0, 0.1) is 5.92 Å². The van der Waals surface area contributed by atoms with Crippen LogP contribution in [0.3, 0.4) is 0 Å². The van der Waals surface area contributed by atoms with Gasteiger partial charge in [-0.25, -0.2) is 9.97 Å². The first kappa shape index (κ1) is 18.9. The van der Waals surface area contributed by atoms with E-state index >= 15 is 0 Å². The van der Waals surface area contributed by atoms with E-state index in [1.807, 2.05) is 16.2 Å². The van der Waals surface area contributed by atoms with Gasteiger partial charge in [0, 0.05) is 37.5 Å². The Labute approximate surface area is 169 Å². The summed E-state index contributed by atoms with van der Waals surface area (Å²) in [4.78, 5) is 28.7. The molecule has 0 saturated carbocycles. The highest BCUT2D eigenvalue weighted by Crippen LogP contribution is 2.41. The van der Waals surface area contributed by atoms with Gasteiger partial charge in [0.2, 0.25) is 5.91 Å². The van der Waals surface area contributed by atoms with Crippen LogP contribution >= 0.6 is 22.9 Å². The summed E-state index contributed by atoms with van der Waals surface area (Å²) >= 11 is 7.60. The first-order valence-corrected chi connectivity index (χ1v) is 11.4. The average molecular weight is 407 g/mol. The van der Waals surface area contributed by atoms with Crippen molar-refractivity contribution in [1.82, 2.24) is 14.9 Å². The van der Waals surface area contributed by atoms with Gasteiger partial charge >= 0.3 is 0 Å². The second-order valence-corrected chi connectivity index (χ2v) is 9.10. The van der Waals surface area contributed by atoms with E-state index in [0.717, 1.165) is 61.2 Å². The van der Waals surface area contributed by atoms with Gasteiger partial charge in [-0.15, -0.1) is 22.9 Å². The molecule has 0 bridgehead atoms. The molecular formula is C20H27ClN4OS. The van der Waals surface area contributed by atoms with Gasteiger partial charge in [0.1, 0.15) is 22.4 Å². The molecule has 1 aliphatic heterocycles. The number of alkyl halides is 1. The van der Waals surface area contributed by atoms with Crippen LogP contribution < -0.4 is 4.90 Å². The van der Waals surface area contributed by atoms with Crippen molar-refractivity contribution in [1.29, 1.82) is 0 Å². The number of rotatable bonds is 4. The zero-order valence-corrected chi connectivity index (χ0v) is 17.7. The normalized spacial score (nSPS) is 20.2. The maximum absolute atomic E-state index is 11.9. The lowest BCUT2D eigenvalue weighted by Crippen LogP contribution is -2.49. The van der Waals surface area contributed by atoms with Crippen LogP contribution in [0.25, 0.3) is 10.2 Å². The predicted molar refractivity (Wildman–Crippen MR) is 112 cm³/mol. The van der Waals surface area contributed by atoms with Crippen molar-refractivity contribution in [3.8, 4) is 0 Å². The first-order chi connectivity index (χ1) is 13.1. The van der Waals surface area contributed by atoms with Gasteiger partial charge in [-0.1, -0.05) is 13.8 Å². The summed E-state index contributed by atoms with van der Waals surface area (Å²) in [7, 11) is 0. The van der Waals surface area contributed by atoms with Crippen LogP contribution in [0.15, 0.2) is 0 Å². The molecule has 1 saturated heterocycles. The molecule has 3 heterocycles. The minimum atomic E-state index is 0.0257. The van der Waals surface area contributed by atoms with Gasteiger partial charge in [0.05, 0.1) is 5.39 Å². The lowest BCUT2D eigenvalue weighted by Gasteiger charge is -2.35. The smallest absolute Gasteiger partial charge is 0.237 e. The standard InChI is InChI=1S/C20H27ClN4OS/c1-3-4-16-22-19(25-9-7-24(8-10-25)17(26)12-21)18-14-6-5-13(2)11-15(14)27-20(18)23-16/h13H,3-12H2,1-2H3/t13-/m1/s1. The summed E-state index contributed by atoms with van der Waals surface area (Å²) in [6, 6.07) is 0. The molecule has 0 aromatic carbocycles. The maximum Gasteiger partial charge on any atom is 0.237 e. The molecule has 0 spiro atoms. The molecule has 1 atom stereocenters. The molecular weight excluding hydrogens is 380 g/mol. The average Bonchev–Trinajstić information content (AvgIpc) is 3.04. The number of hydrogen-bond acceptors (Lipinski definition) is 5. The van der Waals surface area contributed by atoms with Crippen LogP contribution in [0.1, 0.15) is 43.0 Å². The number of aromatic nitrogens is 2. The number of aryl methyl sites for hydroxylation is 2. The van der Waals surface area contributed by atoms with Crippen molar-refractivity contribution in [3.05, 3.63) is 16.3 Å². The van der Waals surface area contributed by atoms with Gasteiger partial charge < -0.3 is 9.80 Å². The van der Waals surface area contributed by atoms with Crippen molar-refractivity contribution < 1.29 is 4.79 Å². The lowest BCUT2D eigenvalue weighted by atomic mass is 9.89.